The van der Waals surface area contributed by atoms with Gasteiger partial charge >= 0.3 is 0 Å². The third-order valence-electron chi connectivity index (χ3n) is 3.07. The molecule has 0 bridgehead atoms. The first-order valence-electron chi connectivity index (χ1n) is 6.31. The Morgan fingerprint density at radius 2 is 2.05 bits per heavy atom. The summed E-state index contributed by atoms with van der Waals surface area (Å²) in [7, 11) is 1.90. The van der Waals surface area contributed by atoms with Crippen LogP contribution in [0.3, 0.4) is 0 Å². The molecule has 0 saturated heterocycles. The molecule has 0 radical (unpaired) electrons. The Hall–Kier alpha value is -2.28. The second-order valence-electron chi connectivity index (χ2n) is 4.41. The molecule has 7 heteroatoms. The van der Waals surface area contributed by atoms with Crippen LogP contribution >= 0.6 is 12.2 Å². The summed E-state index contributed by atoms with van der Waals surface area (Å²) in [5.41, 5.74) is 2.90. The van der Waals surface area contributed by atoms with E-state index in [2.05, 4.69) is 27.2 Å². The molecule has 102 valence electrons. The van der Waals surface area contributed by atoms with Crippen LogP contribution in [-0.4, -0.2) is 29.5 Å². The van der Waals surface area contributed by atoms with Crippen LogP contribution in [0.2, 0.25) is 0 Å². The Morgan fingerprint density at radius 1 is 1.30 bits per heavy atom. The summed E-state index contributed by atoms with van der Waals surface area (Å²) in [6.07, 6.45) is 6.26. The van der Waals surface area contributed by atoms with Crippen molar-refractivity contribution in [2.75, 3.05) is 0 Å². The maximum absolute atomic E-state index is 5.36. The van der Waals surface area contributed by atoms with Gasteiger partial charge in [0.25, 0.3) is 0 Å². The lowest BCUT2D eigenvalue weighted by molar-refractivity contribution is 0.746. The highest BCUT2D eigenvalue weighted by Crippen LogP contribution is 2.22. The zero-order valence-corrected chi connectivity index (χ0v) is 12.1. The number of nitrogens with one attached hydrogen (secondary N) is 1. The highest BCUT2D eigenvalue weighted by atomic mass is 32.1. The molecule has 1 N–H and O–H groups in total. The summed E-state index contributed by atoms with van der Waals surface area (Å²) in [6, 6.07) is 3.81. The molecule has 20 heavy (non-hydrogen) atoms. The number of aromatic amines is 1. The largest absolute Gasteiger partial charge is 0.273 e. The van der Waals surface area contributed by atoms with Crippen molar-refractivity contribution in [3.63, 3.8) is 0 Å². The van der Waals surface area contributed by atoms with E-state index in [1.807, 2.05) is 29.9 Å². The summed E-state index contributed by atoms with van der Waals surface area (Å²) in [6.45, 7) is 2.07. The van der Waals surface area contributed by atoms with E-state index < -0.39 is 0 Å². The van der Waals surface area contributed by atoms with E-state index in [1.165, 1.54) is 0 Å². The standard InChI is InChI=1S/C13H14N6S/c1-3-10-11(8-18(2)17-10)19-12(15-16-13(19)20)9-4-6-14-7-5-9/h4-8H,3H2,1-2H3,(H,16,20). The third kappa shape index (κ3) is 2.05. The van der Waals surface area contributed by atoms with Gasteiger partial charge in [0.1, 0.15) is 0 Å². The molecule has 0 aromatic carbocycles. The average Bonchev–Trinajstić information content (AvgIpc) is 3.02. The maximum atomic E-state index is 5.36. The van der Waals surface area contributed by atoms with E-state index in [-0.39, 0.29) is 0 Å². The topological polar surface area (TPSA) is 64.3 Å². The van der Waals surface area contributed by atoms with Crippen LogP contribution in [0, 0.1) is 4.77 Å². The molecule has 0 aliphatic rings. The van der Waals surface area contributed by atoms with E-state index in [4.69, 9.17) is 12.2 Å². The molecule has 3 heterocycles. The van der Waals surface area contributed by atoms with Crippen molar-refractivity contribution >= 4 is 12.2 Å². The Kier molecular flexibility index (Phi) is 3.19. The lowest BCUT2D eigenvalue weighted by Gasteiger charge is -2.05. The number of aryl methyl sites for hydroxylation is 2. The van der Waals surface area contributed by atoms with Crippen molar-refractivity contribution in [3.05, 3.63) is 41.2 Å². The van der Waals surface area contributed by atoms with Crippen molar-refractivity contribution in [3.8, 4) is 17.1 Å². The van der Waals surface area contributed by atoms with Gasteiger partial charge in [0.2, 0.25) is 0 Å². The van der Waals surface area contributed by atoms with Crippen LogP contribution in [0.15, 0.2) is 30.7 Å². The van der Waals surface area contributed by atoms with E-state index in [1.54, 1.807) is 17.1 Å². The van der Waals surface area contributed by atoms with Crippen molar-refractivity contribution in [1.29, 1.82) is 0 Å². The molecule has 3 rings (SSSR count). The van der Waals surface area contributed by atoms with Gasteiger partial charge in [-0.25, -0.2) is 0 Å². The summed E-state index contributed by atoms with van der Waals surface area (Å²) < 4.78 is 4.26. The molecule has 0 aliphatic heterocycles. The number of H-pyrrole nitrogens is 1. The number of rotatable bonds is 3. The van der Waals surface area contributed by atoms with Gasteiger partial charge in [-0.15, -0.1) is 0 Å². The van der Waals surface area contributed by atoms with Crippen LogP contribution in [-0.2, 0) is 13.5 Å². The average molecular weight is 286 g/mol. The van der Waals surface area contributed by atoms with Crippen molar-refractivity contribution in [2.45, 2.75) is 13.3 Å². The zero-order valence-electron chi connectivity index (χ0n) is 11.2. The molecule has 3 aromatic heterocycles. The fourth-order valence-corrected chi connectivity index (χ4v) is 2.41. The first kappa shape index (κ1) is 12.7. The molecule has 6 nitrogen and oxygen atoms in total. The highest BCUT2D eigenvalue weighted by Gasteiger charge is 2.15. The third-order valence-corrected chi connectivity index (χ3v) is 3.34. The number of hydrogen-bond acceptors (Lipinski definition) is 4. The Morgan fingerprint density at radius 3 is 2.75 bits per heavy atom. The van der Waals surface area contributed by atoms with Gasteiger partial charge in [-0.1, -0.05) is 6.92 Å². The van der Waals surface area contributed by atoms with Crippen molar-refractivity contribution < 1.29 is 0 Å². The lowest BCUT2D eigenvalue weighted by Crippen LogP contribution is -2.00. The molecule has 0 amide bonds. The monoisotopic (exact) mass is 286 g/mol. The molecular formula is C13H14N6S. The van der Waals surface area contributed by atoms with Crippen LogP contribution in [0.5, 0.6) is 0 Å². The maximum Gasteiger partial charge on any atom is 0.200 e. The van der Waals surface area contributed by atoms with Crippen LogP contribution in [0.25, 0.3) is 17.1 Å². The number of aromatic nitrogens is 6. The molecule has 0 spiro atoms. The minimum Gasteiger partial charge on any atom is -0.273 e. The first-order chi connectivity index (χ1) is 9.70. The minimum atomic E-state index is 0.555. The van der Waals surface area contributed by atoms with Gasteiger partial charge in [0.05, 0.1) is 11.4 Å². The summed E-state index contributed by atoms with van der Waals surface area (Å²) in [5, 5.41) is 11.6. The van der Waals surface area contributed by atoms with Gasteiger partial charge in [-0.05, 0) is 30.8 Å². The zero-order chi connectivity index (χ0) is 14.1. The van der Waals surface area contributed by atoms with Crippen LogP contribution in [0.1, 0.15) is 12.6 Å². The van der Waals surface area contributed by atoms with Gasteiger partial charge in [0.15, 0.2) is 10.6 Å². The second-order valence-corrected chi connectivity index (χ2v) is 4.80. The Labute approximate surface area is 121 Å². The Balaban J connectivity index is 2.24. The van der Waals surface area contributed by atoms with E-state index in [9.17, 15) is 0 Å². The van der Waals surface area contributed by atoms with Crippen LogP contribution < -0.4 is 0 Å². The minimum absolute atomic E-state index is 0.555. The van der Waals surface area contributed by atoms with Crippen LogP contribution in [0.4, 0.5) is 0 Å². The normalized spacial score (nSPS) is 10.9. The summed E-state index contributed by atoms with van der Waals surface area (Å²) in [5.74, 6) is 0.764. The molecule has 0 atom stereocenters. The summed E-state index contributed by atoms with van der Waals surface area (Å²) >= 11 is 5.36. The fraction of sp³-hybridized carbons (Fsp3) is 0.231. The highest BCUT2D eigenvalue weighted by molar-refractivity contribution is 7.71. The van der Waals surface area contributed by atoms with Crippen molar-refractivity contribution in [2.24, 2.45) is 7.05 Å². The smallest absolute Gasteiger partial charge is 0.200 e. The molecule has 3 aromatic rings. The fourth-order valence-electron chi connectivity index (χ4n) is 2.18. The van der Waals surface area contributed by atoms with Gasteiger partial charge in [-0.2, -0.15) is 10.2 Å². The van der Waals surface area contributed by atoms with E-state index in [0.717, 1.165) is 29.2 Å². The first-order valence-corrected chi connectivity index (χ1v) is 6.72. The molecule has 0 aliphatic carbocycles. The SMILES string of the molecule is CCc1nn(C)cc1-n1c(-c2ccncc2)n[nH]c1=S. The second kappa shape index (κ2) is 5.01. The Bertz CT molecular complexity index is 783. The predicted molar refractivity (Wildman–Crippen MR) is 78.1 cm³/mol. The van der Waals surface area contributed by atoms with Gasteiger partial charge < -0.3 is 0 Å². The predicted octanol–water partition coefficient (Wildman–Crippen LogP) is 2.29. The van der Waals surface area contributed by atoms with Gasteiger partial charge in [0, 0.05) is 31.2 Å². The van der Waals surface area contributed by atoms with E-state index in [0.29, 0.717) is 4.77 Å². The molecule has 0 unspecified atom stereocenters. The number of hydrogen-bond donors (Lipinski definition) is 1. The number of pyridine rings is 1. The van der Waals surface area contributed by atoms with Gasteiger partial charge in [-0.3, -0.25) is 19.3 Å². The molecule has 0 fully saturated rings. The van der Waals surface area contributed by atoms with E-state index >= 15 is 0 Å². The lowest BCUT2D eigenvalue weighted by atomic mass is 10.2. The summed E-state index contributed by atoms with van der Waals surface area (Å²) in [4.78, 5) is 4.03. The molecular weight excluding hydrogens is 272 g/mol. The molecule has 0 saturated carbocycles. The number of nitrogens with zero attached hydrogens (tertiary/aromatic N) is 5. The quantitative estimate of drug-likeness (QED) is 0.750. The van der Waals surface area contributed by atoms with Crippen molar-refractivity contribution in [1.82, 2.24) is 29.5 Å².